The number of ketones is 4. The number of hydrogen-bond acceptors (Lipinski definition) is 16. The van der Waals surface area contributed by atoms with E-state index in [1.54, 1.807) is 52.0 Å². The van der Waals surface area contributed by atoms with Crippen molar-refractivity contribution in [3.8, 4) is 0 Å². The molecule has 0 radical (unpaired) electrons. The van der Waals surface area contributed by atoms with Crippen LogP contribution in [0.4, 0.5) is 9.59 Å². The number of carbonyl (C=O) groups is 8. The van der Waals surface area contributed by atoms with Crippen LogP contribution in [0.1, 0.15) is 107 Å². The van der Waals surface area contributed by atoms with E-state index in [4.69, 9.17) is 39.9 Å². The van der Waals surface area contributed by atoms with Crippen LogP contribution in [0, 0.1) is 23.7 Å². The van der Waals surface area contributed by atoms with Crippen LogP contribution in [0.15, 0.2) is 117 Å². The minimum atomic E-state index is -1.08. The van der Waals surface area contributed by atoms with Crippen LogP contribution < -0.4 is 22.1 Å². The van der Waals surface area contributed by atoms with Crippen molar-refractivity contribution in [1.82, 2.24) is 10.6 Å². The highest BCUT2D eigenvalue weighted by Gasteiger charge is 2.36. The summed E-state index contributed by atoms with van der Waals surface area (Å²) in [6, 6.07) is 0. The third-order valence-electron chi connectivity index (χ3n) is 14.9. The zero-order valence-electron chi connectivity index (χ0n) is 48.1. The monoisotopic (exact) mass is 1110 g/mol. The van der Waals surface area contributed by atoms with Gasteiger partial charge >= 0.3 is 12.2 Å². The minimum Gasteiger partial charge on any atom is -0.439 e. The summed E-state index contributed by atoms with van der Waals surface area (Å²) in [7, 11) is 5.72. The average molecular weight is 1120 g/mol. The predicted molar refractivity (Wildman–Crippen MR) is 298 cm³/mol. The van der Waals surface area contributed by atoms with E-state index in [2.05, 4.69) is 10.6 Å². The summed E-state index contributed by atoms with van der Waals surface area (Å²) in [6.45, 7) is 13.7. The molecule has 0 fully saturated rings. The predicted octanol–water partition coefficient (Wildman–Crippen LogP) is 6.18. The van der Waals surface area contributed by atoms with Crippen molar-refractivity contribution < 1.29 is 77.0 Å². The molecule has 2 heterocycles. The molecule has 2 aliphatic carbocycles. The van der Waals surface area contributed by atoms with Gasteiger partial charge in [0.25, 0.3) is 11.8 Å². The van der Waals surface area contributed by atoms with E-state index >= 15 is 0 Å². The van der Waals surface area contributed by atoms with Gasteiger partial charge in [0, 0.05) is 85.9 Å². The smallest absolute Gasteiger partial charge is 0.405 e. The van der Waals surface area contributed by atoms with Crippen molar-refractivity contribution in [2.45, 2.75) is 156 Å². The first-order valence-corrected chi connectivity index (χ1v) is 26.9. The molecule has 2 aliphatic heterocycles. The maximum absolute atomic E-state index is 14.5. The average Bonchev–Trinajstić information content (AvgIpc) is 3.40. The van der Waals surface area contributed by atoms with Crippen LogP contribution in [0.3, 0.4) is 0 Å². The summed E-state index contributed by atoms with van der Waals surface area (Å²) >= 11 is 0. The molecule has 0 saturated heterocycles. The number of unbranched alkanes of at least 4 members (excludes halogenated alkanes) is 1. The lowest BCUT2D eigenvalue weighted by molar-refractivity contribution is -0.120. The Morgan fingerprint density at radius 1 is 0.575 bits per heavy atom. The van der Waals surface area contributed by atoms with Gasteiger partial charge in [0.2, 0.25) is 11.6 Å². The number of primary amides is 2. The molecule has 20 heteroatoms. The van der Waals surface area contributed by atoms with Crippen LogP contribution in [0.2, 0.25) is 0 Å². The highest BCUT2D eigenvalue weighted by Crippen LogP contribution is 2.34. The topological polar surface area (TPSA) is 308 Å². The second kappa shape index (κ2) is 30.8. The number of Topliss-reactive ketones (excluding diaryl/α,β-unsaturated/α-hetero) is 2. The van der Waals surface area contributed by atoms with Crippen molar-refractivity contribution in [2.24, 2.45) is 35.1 Å². The number of carbonyl (C=O) groups excluding carboxylic acids is 8. The lowest BCUT2D eigenvalue weighted by Gasteiger charge is -2.30. The van der Waals surface area contributed by atoms with Gasteiger partial charge < -0.3 is 60.7 Å². The van der Waals surface area contributed by atoms with Crippen LogP contribution in [-0.2, 0) is 57.2 Å². The van der Waals surface area contributed by atoms with Gasteiger partial charge in [-0.3, -0.25) is 28.8 Å². The van der Waals surface area contributed by atoms with E-state index < -0.39 is 108 Å². The zero-order chi connectivity index (χ0) is 59.7. The molecule has 0 unspecified atom stereocenters. The summed E-state index contributed by atoms with van der Waals surface area (Å²) in [4.78, 5) is 108. The molecule has 4 amide bonds. The maximum atomic E-state index is 14.5. The van der Waals surface area contributed by atoms with Crippen molar-refractivity contribution in [3.63, 3.8) is 0 Å². The number of amides is 4. The molecule has 0 aromatic rings. The number of ether oxygens (including phenoxy) is 6. The molecule has 0 saturated carbocycles. The number of methoxy groups -OCH3 is 4. The van der Waals surface area contributed by atoms with Crippen molar-refractivity contribution in [3.05, 3.63) is 117 Å². The summed E-state index contributed by atoms with van der Waals surface area (Å²) < 4.78 is 33.8. The van der Waals surface area contributed by atoms with E-state index in [9.17, 15) is 48.6 Å². The van der Waals surface area contributed by atoms with Gasteiger partial charge in [-0.2, -0.15) is 0 Å². The lowest BCUT2D eigenvalue weighted by Crippen LogP contribution is -2.37. The lowest BCUT2D eigenvalue weighted by atomic mass is 9.81. The van der Waals surface area contributed by atoms with Gasteiger partial charge in [0.1, 0.15) is 12.2 Å². The molecule has 0 aromatic heterocycles. The first kappa shape index (κ1) is 65.8. The molecule has 0 spiro atoms. The largest absolute Gasteiger partial charge is 0.439 e. The van der Waals surface area contributed by atoms with Crippen molar-refractivity contribution in [1.29, 1.82) is 0 Å². The van der Waals surface area contributed by atoms with Gasteiger partial charge in [-0.25, -0.2) is 9.59 Å². The Kier molecular flexibility index (Phi) is 25.3. The van der Waals surface area contributed by atoms with Crippen LogP contribution in [0.5, 0.6) is 0 Å². The molecule has 4 rings (SSSR count). The molecule has 20 nitrogen and oxygen atoms in total. The molecular formula is C60H82N4O16. The molecule has 12 atom stereocenters. The Balaban J connectivity index is 1.70. The van der Waals surface area contributed by atoms with Crippen molar-refractivity contribution >= 4 is 47.1 Å². The third kappa shape index (κ3) is 17.9. The molecule has 4 bridgehead atoms. The Bertz CT molecular complexity index is 2500. The SMILES string of the molecule is CO[C@H]1/C=C/C=C(/C)C(=O)NC2=CC(=O)C(CCCCC3=C4C[C@@H](C)C[C@H](OC)[C@H](O)[C@@H](C)/C=C(\C)[C@H](OC(N)=O)[C@H](OC)/C=C\C=C(/C)C(=O)NC(=CC3=O)C4=O)=C(C[C@@H](C)C[C@H](OC)[C@H](O)[C@@H](C)/C=C(\C)[C@@H]1OC(N)=O)C2=O. The van der Waals surface area contributed by atoms with E-state index in [-0.39, 0.29) is 108 Å². The fourth-order valence-electron chi connectivity index (χ4n) is 10.4. The fraction of sp³-hybridized carbons (Fsp3) is 0.533. The third-order valence-corrected chi connectivity index (χ3v) is 14.9. The van der Waals surface area contributed by atoms with Gasteiger partial charge in [0.05, 0.1) is 35.8 Å². The summed E-state index contributed by atoms with van der Waals surface area (Å²) in [5, 5.41) is 28.5. The van der Waals surface area contributed by atoms with Crippen LogP contribution in [0.25, 0.3) is 0 Å². The minimum absolute atomic E-state index is 0.0682. The van der Waals surface area contributed by atoms with Gasteiger partial charge in [0.15, 0.2) is 23.8 Å². The van der Waals surface area contributed by atoms with Gasteiger partial charge in [-0.15, -0.1) is 0 Å². The van der Waals surface area contributed by atoms with Crippen molar-refractivity contribution in [2.75, 3.05) is 28.4 Å². The number of aliphatic hydroxyl groups excluding tert-OH is 2. The highest BCUT2D eigenvalue weighted by atomic mass is 16.6. The summed E-state index contributed by atoms with van der Waals surface area (Å²) in [5.74, 6) is -5.25. The first-order valence-electron chi connectivity index (χ1n) is 26.9. The molecule has 8 N–H and O–H groups in total. The van der Waals surface area contributed by atoms with Gasteiger partial charge in [-0.05, 0) is 102 Å². The van der Waals surface area contributed by atoms with Gasteiger partial charge in [-0.1, -0.05) is 76.3 Å². The molecule has 4 aliphatic rings. The summed E-state index contributed by atoms with van der Waals surface area (Å²) in [5.41, 5.74) is 12.6. The second-order valence-electron chi connectivity index (χ2n) is 21.3. The fourth-order valence-corrected chi connectivity index (χ4v) is 10.4. The number of fused-ring (bicyclic) bond motifs is 4. The summed E-state index contributed by atoms with van der Waals surface area (Å²) in [6.07, 6.45) is 6.62. The number of nitrogens with one attached hydrogen (secondary N) is 2. The zero-order valence-corrected chi connectivity index (χ0v) is 48.1. The first-order chi connectivity index (χ1) is 37.8. The molecular weight excluding hydrogens is 1030 g/mol. The number of rotatable bonds is 11. The van der Waals surface area contributed by atoms with Crippen LogP contribution >= 0.6 is 0 Å². The Hall–Kier alpha value is -6.68. The maximum Gasteiger partial charge on any atom is 0.405 e. The number of nitrogens with two attached hydrogens (primary N) is 2. The van der Waals surface area contributed by atoms with E-state index in [1.807, 2.05) is 13.8 Å². The Morgan fingerprint density at radius 2 is 0.925 bits per heavy atom. The second-order valence-corrected chi connectivity index (χ2v) is 21.3. The number of hydrogen-bond donors (Lipinski definition) is 6. The standard InChI is InChI=1S/C60H82N4O16/c1-31-23-41-39(45(65)29-43(53(41)69)63-57(71)33(3)17-15-21-47(75-9)55(79-59(61)73)37(7)27-35(5)51(67)49(25-31)77-11)19-13-14-20-40-42-24-32(2)26-50(78-12)52(68)36(6)28-38(8)56(80-60(62)74)48(76-10)22-16-18-34(4)58(72)64-44(54(42)70)30-46(40)66/h15-18,21-22,27-32,35-36,47-52,55-56,67-68H,13-14,19-20,23-26H2,1-12H3,(H2,61,73)(H2,62,74)(H,63,71)(H,64,72)/b21-15-,22-16+,33-17+,34-18-,37-27+,38-28+/t31-,32-,35+,36+,47-,48+,49+,50+,51-,52-,55+,56+/m1/s1. The van der Waals surface area contributed by atoms with E-state index in [0.29, 0.717) is 11.1 Å². The molecule has 0 aromatic carbocycles. The normalized spacial score (nSPS) is 33.0. The molecule has 438 valence electrons. The van der Waals surface area contributed by atoms with E-state index in [1.165, 1.54) is 66.6 Å². The Labute approximate surface area is 469 Å². The van der Waals surface area contributed by atoms with Crippen LogP contribution in [-0.4, -0.2) is 135 Å². The molecule has 80 heavy (non-hydrogen) atoms. The van der Waals surface area contributed by atoms with E-state index in [0.717, 1.165) is 12.2 Å². The quantitative estimate of drug-likeness (QED) is 0.0764. The highest BCUT2D eigenvalue weighted by molar-refractivity contribution is 6.24. The Morgan fingerprint density at radius 3 is 1.24 bits per heavy atom. The number of aliphatic hydroxyl groups is 2. The number of allylic oxidation sites excluding steroid dienone is 10.